The maximum Gasteiger partial charge on any atom is 0.122 e. The molecule has 1 aliphatic rings. The number of likely N-dealkylation sites (N-methyl/N-ethyl adjacent to an activating group) is 1. The number of hydrogen-bond donors (Lipinski definition) is 0. The fourth-order valence-corrected chi connectivity index (χ4v) is 3.71. The van der Waals surface area contributed by atoms with Crippen LogP contribution >= 0.6 is 0 Å². The normalized spacial score (nSPS) is 16.2. The van der Waals surface area contributed by atoms with Gasteiger partial charge < -0.3 is 4.74 Å². The van der Waals surface area contributed by atoms with Crippen molar-refractivity contribution in [3.63, 3.8) is 0 Å². The van der Waals surface area contributed by atoms with Gasteiger partial charge in [-0.1, -0.05) is 66.7 Å². The van der Waals surface area contributed by atoms with E-state index in [2.05, 4.69) is 90.8 Å². The molecule has 0 aliphatic carbocycles. The van der Waals surface area contributed by atoms with Crippen LogP contribution in [0.25, 0.3) is 11.1 Å². The van der Waals surface area contributed by atoms with Crippen molar-refractivity contribution in [2.75, 3.05) is 13.6 Å². The van der Waals surface area contributed by atoms with Gasteiger partial charge in [-0.15, -0.1) is 0 Å². The van der Waals surface area contributed by atoms with Crippen molar-refractivity contribution < 1.29 is 4.74 Å². The summed E-state index contributed by atoms with van der Waals surface area (Å²) >= 11 is 0. The quantitative estimate of drug-likeness (QED) is 0.633. The van der Waals surface area contributed by atoms with Crippen molar-refractivity contribution in [2.24, 2.45) is 0 Å². The maximum absolute atomic E-state index is 6.19. The lowest BCUT2D eigenvalue weighted by atomic mass is 10.0. The molecule has 132 valence electrons. The van der Waals surface area contributed by atoms with E-state index < -0.39 is 0 Å². The van der Waals surface area contributed by atoms with Gasteiger partial charge in [0.15, 0.2) is 0 Å². The summed E-state index contributed by atoms with van der Waals surface area (Å²) in [6.07, 6.45) is 2.47. The van der Waals surface area contributed by atoms with Crippen molar-refractivity contribution in [3.05, 3.63) is 90.0 Å². The summed E-state index contributed by atoms with van der Waals surface area (Å²) < 4.78 is 6.19. The van der Waals surface area contributed by atoms with Crippen LogP contribution in [0.5, 0.6) is 5.75 Å². The third-order valence-electron chi connectivity index (χ3n) is 5.00. The molecule has 0 saturated carbocycles. The molecule has 2 heteroatoms. The van der Waals surface area contributed by atoms with Crippen LogP contribution in [-0.2, 0) is 13.0 Å². The second-order valence-corrected chi connectivity index (χ2v) is 7.15. The first-order valence-electron chi connectivity index (χ1n) is 9.35. The second-order valence-electron chi connectivity index (χ2n) is 7.15. The van der Waals surface area contributed by atoms with E-state index in [9.17, 15) is 0 Å². The molecule has 0 fully saturated rings. The molecule has 0 saturated heterocycles. The number of hydrogen-bond acceptors (Lipinski definition) is 2. The van der Waals surface area contributed by atoms with Gasteiger partial charge in [-0.2, -0.15) is 0 Å². The SMILES string of the molecule is CN(Cc1cccc(-c2ccccc2)c1)CC1CCc2ccccc2O1. The first-order valence-corrected chi connectivity index (χ1v) is 9.35. The van der Waals surface area contributed by atoms with Gasteiger partial charge in [0.2, 0.25) is 0 Å². The number of benzene rings is 3. The smallest absolute Gasteiger partial charge is 0.122 e. The average Bonchev–Trinajstić information content (AvgIpc) is 2.69. The van der Waals surface area contributed by atoms with Crippen molar-refractivity contribution in [1.29, 1.82) is 0 Å². The molecule has 2 nitrogen and oxygen atoms in total. The predicted octanol–water partition coefficient (Wildman–Crippen LogP) is 5.18. The van der Waals surface area contributed by atoms with Gasteiger partial charge in [0.05, 0.1) is 0 Å². The summed E-state index contributed by atoms with van der Waals surface area (Å²) in [7, 11) is 2.18. The summed E-state index contributed by atoms with van der Waals surface area (Å²) in [5.74, 6) is 1.06. The van der Waals surface area contributed by atoms with Crippen molar-refractivity contribution in [3.8, 4) is 16.9 Å². The van der Waals surface area contributed by atoms with Crippen molar-refractivity contribution in [1.82, 2.24) is 4.90 Å². The molecule has 0 amide bonds. The van der Waals surface area contributed by atoms with Crippen LogP contribution in [0.1, 0.15) is 17.5 Å². The molecule has 4 rings (SSSR count). The molecule has 1 aliphatic heterocycles. The van der Waals surface area contributed by atoms with E-state index in [-0.39, 0.29) is 6.10 Å². The lowest BCUT2D eigenvalue weighted by Crippen LogP contribution is -2.35. The maximum atomic E-state index is 6.19. The number of nitrogens with zero attached hydrogens (tertiary/aromatic N) is 1. The highest BCUT2D eigenvalue weighted by atomic mass is 16.5. The summed E-state index contributed by atoms with van der Waals surface area (Å²) in [4.78, 5) is 2.36. The number of rotatable bonds is 5. The van der Waals surface area contributed by atoms with Gasteiger partial charge in [0, 0.05) is 13.1 Å². The standard InChI is InChI=1S/C24H25NO/c1-25(18-23-15-14-21-11-5-6-13-24(21)26-23)17-19-8-7-12-22(16-19)20-9-3-2-4-10-20/h2-13,16,23H,14-15,17-18H2,1H3. The fraction of sp³-hybridized carbons (Fsp3) is 0.250. The molecule has 0 spiro atoms. The monoisotopic (exact) mass is 343 g/mol. The van der Waals surface area contributed by atoms with Crippen LogP contribution in [0.4, 0.5) is 0 Å². The highest BCUT2D eigenvalue weighted by molar-refractivity contribution is 5.63. The van der Waals surface area contributed by atoms with Crippen molar-refractivity contribution >= 4 is 0 Å². The number of para-hydroxylation sites is 1. The topological polar surface area (TPSA) is 12.5 Å². The summed E-state index contributed by atoms with van der Waals surface area (Å²) in [6, 6.07) is 27.8. The number of fused-ring (bicyclic) bond motifs is 1. The lowest BCUT2D eigenvalue weighted by Gasteiger charge is -2.29. The van der Waals surface area contributed by atoms with E-state index in [4.69, 9.17) is 4.74 Å². The molecule has 0 aromatic heterocycles. The average molecular weight is 343 g/mol. The molecule has 3 aromatic carbocycles. The van der Waals surface area contributed by atoms with Gasteiger partial charge in [-0.05, 0) is 54.3 Å². The molecule has 1 atom stereocenters. The fourth-order valence-electron chi connectivity index (χ4n) is 3.71. The Morgan fingerprint density at radius 3 is 2.54 bits per heavy atom. The Labute approximate surface area is 156 Å². The van der Waals surface area contributed by atoms with Crippen LogP contribution in [0.3, 0.4) is 0 Å². The molecular weight excluding hydrogens is 318 g/mol. The Hall–Kier alpha value is -2.58. The van der Waals surface area contributed by atoms with E-state index in [0.29, 0.717) is 0 Å². The summed E-state index contributed by atoms with van der Waals surface area (Å²) in [6.45, 7) is 1.88. The zero-order valence-corrected chi connectivity index (χ0v) is 15.3. The van der Waals surface area contributed by atoms with Crippen LogP contribution < -0.4 is 4.74 Å². The Morgan fingerprint density at radius 2 is 1.65 bits per heavy atom. The molecular formula is C24H25NO. The molecule has 0 bridgehead atoms. The zero-order chi connectivity index (χ0) is 17.8. The largest absolute Gasteiger partial charge is 0.489 e. The molecule has 0 radical (unpaired) electrons. The molecule has 0 N–H and O–H groups in total. The Morgan fingerprint density at radius 1 is 0.885 bits per heavy atom. The van der Waals surface area contributed by atoms with Crippen LogP contribution in [0.2, 0.25) is 0 Å². The van der Waals surface area contributed by atoms with Crippen LogP contribution in [0.15, 0.2) is 78.9 Å². The zero-order valence-electron chi connectivity index (χ0n) is 15.3. The first kappa shape index (κ1) is 16.9. The third-order valence-corrected chi connectivity index (χ3v) is 5.00. The Bertz CT molecular complexity index is 859. The minimum atomic E-state index is 0.271. The van der Waals surface area contributed by atoms with Gasteiger partial charge in [-0.25, -0.2) is 0 Å². The first-order chi connectivity index (χ1) is 12.8. The van der Waals surface area contributed by atoms with E-state index in [1.165, 1.54) is 22.3 Å². The minimum Gasteiger partial charge on any atom is -0.489 e. The van der Waals surface area contributed by atoms with E-state index in [1.807, 2.05) is 0 Å². The lowest BCUT2D eigenvalue weighted by molar-refractivity contribution is 0.124. The van der Waals surface area contributed by atoms with Gasteiger partial charge in [0.25, 0.3) is 0 Å². The molecule has 26 heavy (non-hydrogen) atoms. The summed E-state index contributed by atoms with van der Waals surface area (Å²) in [5.41, 5.74) is 5.22. The predicted molar refractivity (Wildman–Crippen MR) is 107 cm³/mol. The van der Waals surface area contributed by atoms with E-state index in [1.54, 1.807) is 0 Å². The van der Waals surface area contributed by atoms with Crippen molar-refractivity contribution in [2.45, 2.75) is 25.5 Å². The Balaban J connectivity index is 1.39. The highest BCUT2D eigenvalue weighted by Crippen LogP contribution is 2.27. The third kappa shape index (κ3) is 3.97. The van der Waals surface area contributed by atoms with Gasteiger partial charge in [0.1, 0.15) is 11.9 Å². The van der Waals surface area contributed by atoms with Gasteiger partial charge >= 0.3 is 0 Å². The molecule has 1 unspecified atom stereocenters. The van der Waals surface area contributed by atoms with Gasteiger partial charge in [-0.3, -0.25) is 4.90 Å². The number of aryl methyl sites for hydroxylation is 1. The molecule has 3 aromatic rings. The Kier molecular flexibility index (Phi) is 5.03. The highest BCUT2D eigenvalue weighted by Gasteiger charge is 2.20. The van der Waals surface area contributed by atoms with Crippen LogP contribution in [0, 0.1) is 0 Å². The second kappa shape index (κ2) is 7.76. The van der Waals surface area contributed by atoms with E-state index >= 15 is 0 Å². The minimum absolute atomic E-state index is 0.271. The summed E-state index contributed by atoms with van der Waals surface area (Å²) in [5, 5.41) is 0. The molecule has 1 heterocycles. The number of ether oxygens (including phenoxy) is 1. The van der Waals surface area contributed by atoms with E-state index in [0.717, 1.165) is 31.7 Å². The van der Waals surface area contributed by atoms with Crippen LogP contribution in [-0.4, -0.2) is 24.6 Å².